The number of rotatable bonds is 11. The lowest BCUT2D eigenvalue weighted by Gasteiger charge is -2.33. The van der Waals surface area contributed by atoms with E-state index in [9.17, 15) is 22.8 Å². The van der Waals surface area contributed by atoms with E-state index in [1.54, 1.807) is 13.2 Å². The minimum absolute atomic E-state index is 0.0398. The first-order valence-corrected chi connectivity index (χ1v) is 10.1. The van der Waals surface area contributed by atoms with Gasteiger partial charge in [-0.05, 0) is 12.5 Å². The number of alkyl halides is 3. The summed E-state index contributed by atoms with van der Waals surface area (Å²) in [7, 11) is 1.61. The topological polar surface area (TPSA) is 83.1 Å². The third-order valence-corrected chi connectivity index (χ3v) is 4.72. The second-order valence-electron chi connectivity index (χ2n) is 7.18. The summed E-state index contributed by atoms with van der Waals surface area (Å²) >= 11 is 0. The smallest absolute Gasteiger partial charge is 0.405 e. The number of piperazine rings is 1. The quantitative estimate of drug-likeness (QED) is 0.493. The van der Waals surface area contributed by atoms with Gasteiger partial charge in [-0.3, -0.25) is 19.4 Å². The first-order valence-electron chi connectivity index (χ1n) is 10.1. The third kappa shape index (κ3) is 9.99. The van der Waals surface area contributed by atoms with E-state index >= 15 is 0 Å². The van der Waals surface area contributed by atoms with E-state index in [-0.39, 0.29) is 36.2 Å². The number of hydrogen-bond donors (Lipinski definition) is 2. The van der Waals surface area contributed by atoms with Gasteiger partial charge in [-0.2, -0.15) is 0 Å². The van der Waals surface area contributed by atoms with Gasteiger partial charge in [0.15, 0.2) is 0 Å². The van der Waals surface area contributed by atoms with Gasteiger partial charge in [0.2, 0.25) is 11.8 Å². The molecule has 174 valence electrons. The molecule has 1 aromatic rings. The van der Waals surface area contributed by atoms with Crippen molar-refractivity contribution in [1.29, 1.82) is 0 Å². The van der Waals surface area contributed by atoms with E-state index in [1.165, 1.54) is 18.2 Å². The third-order valence-electron chi connectivity index (χ3n) is 4.72. The van der Waals surface area contributed by atoms with Crippen molar-refractivity contribution in [3.05, 3.63) is 29.8 Å². The SMILES string of the molecule is COCCCNC(=O)CN1CCN(CC(=O)NCc2ccccc2OC(F)(F)F)CC1. The van der Waals surface area contributed by atoms with Gasteiger partial charge in [0.05, 0.1) is 13.1 Å². The Kier molecular flexibility index (Phi) is 10.0. The number of nitrogens with one attached hydrogen (secondary N) is 2. The largest absolute Gasteiger partial charge is 0.573 e. The van der Waals surface area contributed by atoms with Crippen molar-refractivity contribution in [1.82, 2.24) is 20.4 Å². The van der Waals surface area contributed by atoms with Gasteiger partial charge in [-0.1, -0.05) is 18.2 Å². The fraction of sp³-hybridized carbons (Fsp3) is 0.600. The monoisotopic (exact) mass is 446 g/mol. The van der Waals surface area contributed by atoms with Crippen LogP contribution >= 0.6 is 0 Å². The molecule has 0 unspecified atom stereocenters. The van der Waals surface area contributed by atoms with Gasteiger partial charge >= 0.3 is 6.36 Å². The van der Waals surface area contributed by atoms with E-state index in [4.69, 9.17) is 4.74 Å². The van der Waals surface area contributed by atoms with Crippen molar-refractivity contribution in [3.8, 4) is 5.75 Å². The number of carbonyl (C=O) groups excluding carboxylic acids is 2. The maximum absolute atomic E-state index is 12.5. The van der Waals surface area contributed by atoms with Crippen LogP contribution in [0.3, 0.4) is 0 Å². The molecule has 1 aliphatic rings. The Bertz CT molecular complexity index is 710. The molecule has 0 bridgehead atoms. The molecule has 1 fully saturated rings. The van der Waals surface area contributed by atoms with E-state index in [2.05, 4.69) is 15.4 Å². The Morgan fingerprint density at radius 1 is 1.00 bits per heavy atom. The van der Waals surface area contributed by atoms with Crippen LogP contribution in [0.1, 0.15) is 12.0 Å². The molecule has 0 aromatic heterocycles. The van der Waals surface area contributed by atoms with E-state index in [0.29, 0.717) is 45.9 Å². The summed E-state index contributed by atoms with van der Waals surface area (Å²) in [6.07, 6.45) is -4.03. The Morgan fingerprint density at radius 3 is 2.16 bits per heavy atom. The molecule has 0 spiro atoms. The van der Waals surface area contributed by atoms with Gasteiger partial charge in [0.1, 0.15) is 5.75 Å². The fourth-order valence-electron chi connectivity index (χ4n) is 3.14. The first kappa shape index (κ1) is 24.9. The molecule has 2 N–H and O–H groups in total. The summed E-state index contributed by atoms with van der Waals surface area (Å²) in [6, 6.07) is 5.70. The molecule has 1 aliphatic heterocycles. The predicted octanol–water partition coefficient (Wildman–Crippen LogP) is 0.972. The van der Waals surface area contributed by atoms with Gasteiger partial charge in [-0.25, -0.2) is 0 Å². The van der Waals surface area contributed by atoms with Crippen molar-refractivity contribution in [2.75, 3.05) is 59.5 Å². The number of para-hydroxylation sites is 1. The second kappa shape index (κ2) is 12.5. The van der Waals surface area contributed by atoms with Crippen molar-refractivity contribution in [3.63, 3.8) is 0 Å². The van der Waals surface area contributed by atoms with Crippen LogP contribution in [0.15, 0.2) is 24.3 Å². The van der Waals surface area contributed by atoms with Gasteiger partial charge in [-0.15, -0.1) is 13.2 Å². The molecular weight excluding hydrogens is 417 g/mol. The molecule has 31 heavy (non-hydrogen) atoms. The highest BCUT2D eigenvalue weighted by Crippen LogP contribution is 2.26. The van der Waals surface area contributed by atoms with Crippen LogP contribution in [0.25, 0.3) is 0 Å². The van der Waals surface area contributed by atoms with E-state index < -0.39 is 6.36 Å². The summed E-state index contributed by atoms with van der Waals surface area (Å²) in [4.78, 5) is 28.1. The van der Waals surface area contributed by atoms with Crippen molar-refractivity contribution in [2.45, 2.75) is 19.3 Å². The minimum atomic E-state index is -4.79. The summed E-state index contributed by atoms with van der Waals surface area (Å²) in [6.45, 7) is 4.11. The minimum Gasteiger partial charge on any atom is -0.405 e. The Labute approximate surface area is 179 Å². The molecule has 1 saturated heterocycles. The number of ether oxygens (including phenoxy) is 2. The summed E-state index contributed by atoms with van der Waals surface area (Å²) in [5.74, 6) is -0.655. The molecule has 1 heterocycles. The molecule has 8 nitrogen and oxygen atoms in total. The molecule has 0 aliphatic carbocycles. The molecule has 0 radical (unpaired) electrons. The van der Waals surface area contributed by atoms with Gasteiger partial charge < -0.3 is 20.1 Å². The zero-order chi connectivity index (χ0) is 22.7. The number of benzene rings is 1. The highest BCUT2D eigenvalue weighted by molar-refractivity contribution is 5.78. The summed E-state index contributed by atoms with van der Waals surface area (Å²) in [5, 5.41) is 5.47. The zero-order valence-electron chi connectivity index (χ0n) is 17.5. The van der Waals surface area contributed by atoms with Crippen molar-refractivity contribution in [2.24, 2.45) is 0 Å². The van der Waals surface area contributed by atoms with Crippen LogP contribution in [-0.4, -0.2) is 87.5 Å². The van der Waals surface area contributed by atoms with Crippen LogP contribution in [0.2, 0.25) is 0 Å². The zero-order valence-corrected chi connectivity index (χ0v) is 17.5. The number of halogens is 3. The predicted molar refractivity (Wildman–Crippen MR) is 107 cm³/mol. The van der Waals surface area contributed by atoms with Crippen molar-refractivity contribution >= 4 is 11.8 Å². The number of hydrogen-bond acceptors (Lipinski definition) is 6. The average Bonchev–Trinajstić information content (AvgIpc) is 2.71. The average molecular weight is 446 g/mol. The van der Waals surface area contributed by atoms with Crippen molar-refractivity contribution < 1.29 is 32.2 Å². The molecule has 2 amide bonds. The van der Waals surface area contributed by atoms with Gasteiger partial charge in [0.25, 0.3) is 0 Å². The highest BCUT2D eigenvalue weighted by atomic mass is 19.4. The lowest BCUT2D eigenvalue weighted by atomic mass is 10.2. The number of amides is 2. The molecular formula is C20H29F3N4O4. The second-order valence-corrected chi connectivity index (χ2v) is 7.18. The highest BCUT2D eigenvalue weighted by Gasteiger charge is 2.32. The van der Waals surface area contributed by atoms with Crippen LogP contribution < -0.4 is 15.4 Å². The Balaban J connectivity index is 1.68. The van der Waals surface area contributed by atoms with E-state index in [0.717, 1.165) is 6.42 Å². The summed E-state index contributed by atoms with van der Waals surface area (Å²) < 4.78 is 46.4. The lowest BCUT2D eigenvalue weighted by molar-refractivity contribution is -0.274. The Hall–Kier alpha value is -2.37. The fourth-order valence-corrected chi connectivity index (χ4v) is 3.14. The maximum Gasteiger partial charge on any atom is 0.573 e. The standard InChI is InChI=1S/C20H29F3N4O4/c1-30-12-4-7-24-18(28)14-26-8-10-27(11-9-26)15-19(29)25-13-16-5-2-3-6-17(16)31-20(21,22)23/h2-3,5-6H,4,7-15H2,1H3,(H,24,28)(H,25,29). The summed E-state index contributed by atoms with van der Waals surface area (Å²) in [5.41, 5.74) is 0.245. The maximum atomic E-state index is 12.5. The Morgan fingerprint density at radius 2 is 1.58 bits per heavy atom. The number of nitrogens with zero attached hydrogens (tertiary/aromatic N) is 2. The first-order chi connectivity index (χ1) is 14.8. The van der Waals surface area contributed by atoms with Crippen LogP contribution in [-0.2, 0) is 20.9 Å². The lowest BCUT2D eigenvalue weighted by Crippen LogP contribution is -2.51. The molecule has 1 aromatic carbocycles. The molecule has 2 rings (SSSR count). The number of methoxy groups -OCH3 is 1. The van der Waals surface area contributed by atoms with Crippen LogP contribution in [0.5, 0.6) is 5.75 Å². The van der Waals surface area contributed by atoms with Gasteiger partial charge in [0, 0.05) is 58.5 Å². The van der Waals surface area contributed by atoms with Crippen LogP contribution in [0, 0.1) is 0 Å². The normalized spacial score (nSPS) is 15.5. The molecule has 0 atom stereocenters. The molecule has 0 saturated carbocycles. The van der Waals surface area contributed by atoms with Crippen LogP contribution in [0.4, 0.5) is 13.2 Å². The molecule has 11 heteroatoms. The van der Waals surface area contributed by atoms with E-state index in [1.807, 2.05) is 9.80 Å². The number of carbonyl (C=O) groups is 2.